The van der Waals surface area contributed by atoms with Gasteiger partial charge in [-0.1, -0.05) is 156 Å². The fraction of sp³-hybridized carbons (Fsp3) is 0.123. The normalized spacial score (nSPS) is 14.6. The monoisotopic (exact) mass is 828 g/mol. The van der Waals surface area contributed by atoms with E-state index in [0.717, 1.165) is 0 Å². The van der Waals surface area contributed by atoms with Gasteiger partial charge in [0, 0.05) is 68.8 Å². The molecule has 1 aliphatic carbocycles. The van der Waals surface area contributed by atoms with Gasteiger partial charge >= 0.3 is 6.85 Å². The van der Waals surface area contributed by atoms with E-state index in [1.54, 1.807) is 0 Å². The summed E-state index contributed by atoms with van der Waals surface area (Å²) in [6, 6.07) is 60.4. The van der Waals surface area contributed by atoms with Crippen molar-refractivity contribution in [2.75, 3.05) is 4.90 Å². The fourth-order valence-electron chi connectivity index (χ4n) is 11.8. The van der Waals surface area contributed by atoms with Gasteiger partial charge in [0.05, 0.1) is 16.2 Å². The van der Waals surface area contributed by atoms with Crippen molar-refractivity contribution in [1.82, 2.24) is 4.48 Å². The average Bonchev–Trinajstić information content (AvgIpc) is 4.01. The molecule has 2 aliphatic heterocycles. The van der Waals surface area contributed by atoms with Crippen LogP contribution < -0.4 is 15.8 Å². The Labute approximate surface area is 369 Å². The van der Waals surface area contributed by atoms with Crippen molar-refractivity contribution in [2.24, 2.45) is 0 Å². The molecule has 0 N–H and O–H groups in total. The second kappa shape index (κ2) is 11.9. The number of hydrogen-bond donors (Lipinski definition) is 0. The molecular weight excluding hydrogens is 788 g/mol. The number of hydrogen-bond acceptors (Lipinski definition) is 3. The summed E-state index contributed by atoms with van der Waals surface area (Å²) >= 11 is 3.87. The van der Waals surface area contributed by atoms with E-state index < -0.39 is 0 Å². The van der Waals surface area contributed by atoms with Gasteiger partial charge in [-0.25, -0.2) is 0 Å². The molecule has 0 spiro atoms. The third kappa shape index (κ3) is 4.35. The molecule has 0 atom stereocenters. The maximum Gasteiger partial charge on any atom is 0.333 e. The average molecular weight is 829 g/mol. The number of fused-ring (bicyclic) bond motifs is 17. The highest BCUT2D eigenvalue weighted by atomic mass is 32.1. The highest BCUT2D eigenvalue weighted by Crippen LogP contribution is 2.59. The first kappa shape index (κ1) is 35.2. The summed E-state index contributed by atoms with van der Waals surface area (Å²) in [6.45, 7) is 11.9. The summed E-state index contributed by atoms with van der Waals surface area (Å²) in [5, 5.41) is 6.74. The standard InChI is InChI=1S/C57H41BN2S2/c1-56(2,3)33-26-28-43(39(30-33)32-16-7-6-8-17-32)59-44-31-40-34-18-9-12-23-41(34)57(4,5)51(40)50-38-22-15-21-37-48-35-19-10-14-25-46(35)62-55(48)60(53(37)38)58(52(44)50)42-27-29-47-49(54(42)59)36-20-11-13-24-45(36)61-47/h6-31H,1-5H3. The van der Waals surface area contributed by atoms with E-state index in [0.29, 0.717) is 0 Å². The summed E-state index contributed by atoms with van der Waals surface area (Å²) in [6.07, 6.45) is 0. The summed E-state index contributed by atoms with van der Waals surface area (Å²) in [5.74, 6) is 0. The molecule has 0 bridgehead atoms. The molecule has 8 aromatic carbocycles. The van der Waals surface area contributed by atoms with Crippen LogP contribution in [0, 0.1) is 0 Å². The molecule has 0 saturated heterocycles. The zero-order valence-electron chi connectivity index (χ0n) is 35.3. The summed E-state index contributed by atoms with van der Waals surface area (Å²) in [7, 11) is 0. The van der Waals surface area contributed by atoms with E-state index >= 15 is 0 Å². The Bertz CT molecular complexity index is 3780. The lowest BCUT2D eigenvalue weighted by Crippen LogP contribution is -2.57. The minimum Gasteiger partial charge on any atom is -0.367 e. The molecule has 2 nitrogen and oxygen atoms in total. The van der Waals surface area contributed by atoms with Crippen LogP contribution in [0.4, 0.5) is 17.1 Å². The Morgan fingerprint density at radius 3 is 2.05 bits per heavy atom. The van der Waals surface area contributed by atoms with Crippen molar-refractivity contribution in [2.45, 2.75) is 45.4 Å². The smallest absolute Gasteiger partial charge is 0.333 e. The summed E-state index contributed by atoms with van der Waals surface area (Å²) < 4.78 is 6.76. The van der Waals surface area contributed by atoms with Crippen LogP contribution >= 0.6 is 22.7 Å². The first-order valence-corrected chi connectivity index (χ1v) is 23.5. The lowest BCUT2D eigenvalue weighted by molar-refractivity contribution is 0.590. The topological polar surface area (TPSA) is 8.17 Å². The van der Waals surface area contributed by atoms with E-state index in [-0.39, 0.29) is 17.7 Å². The van der Waals surface area contributed by atoms with Crippen molar-refractivity contribution in [3.8, 4) is 33.4 Å². The van der Waals surface area contributed by atoms with Gasteiger partial charge in [-0.05, 0) is 91.7 Å². The van der Waals surface area contributed by atoms with Crippen molar-refractivity contribution < 1.29 is 0 Å². The van der Waals surface area contributed by atoms with Crippen molar-refractivity contribution >= 4 is 109 Å². The van der Waals surface area contributed by atoms with Crippen LogP contribution in [0.1, 0.15) is 51.3 Å². The molecule has 5 heteroatoms. The van der Waals surface area contributed by atoms with Crippen LogP contribution in [0.2, 0.25) is 0 Å². The van der Waals surface area contributed by atoms with Crippen molar-refractivity contribution in [3.05, 3.63) is 174 Å². The van der Waals surface area contributed by atoms with Crippen LogP contribution in [0.15, 0.2) is 158 Å². The van der Waals surface area contributed by atoms with E-state index in [2.05, 4.69) is 202 Å². The Balaban J connectivity index is 1.23. The second-order valence-electron chi connectivity index (χ2n) is 19.2. The molecule has 5 heterocycles. The number of nitrogens with zero attached hydrogens (tertiary/aromatic N) is 2. The first-order valence-electron chi connectivity index (χ1n) is 21.9. The molecule has 0 saturated carbocycles. The third-order valence-electron chi connectivity index (χ3n) is 14.5. The summed E-state index contributed by atoms with van der Waals surface area (Å²) in [4.78, 5) is 4.07. The third-order valence-corrected chi connectivity index (χ3v) is 16.8. The maximum absolute atomic E-state index is 2.77. The molecule has 294 valence electrons. The van der Waals surface area contributed by atoms with Gasteiger partial charge < -0.3 is 9.38 Å². The number of thiophene rings is 2. The number of aromatic nitrogens is 1. The first-order chi connectivity index (χ1) is 30.2. The molecule has 3 aromatic heterocycles. The van der Waals surface area contributed by atoms with Crippen LogP contribution in [-0.2, 0) is 10.8 Å². The zero-order chi connectivity index (χ0) is 41.4. The molecule has 3 aliphatic rings. The maximum atomic E-state index is 2.77. The lowest BCUT2D eigenvalue weighted by atomic mass is 9.44. The quantitative estimate of drug-likeness (QED) is 0.158. The fourth-order valence-corrected chi connectivity index (χ4v) is 14.2. The zero-order valence-corrected chi connectivity index (χ0v) is 36.9. The van der Waals surface area contributed by atoms with Crippen molar-refractivity contribution in [1.29, 1.82) is 0 Å². The number of para-hydroxylation sites is 1. The molecule has 0 unspecified atom stereocenters. The minimum atomic E-state index is -0.204. The predicted octanol–water partition coefficient (Wildman–Crippen LogP) is 15.1. The van der Waals surface area contributed by atoms with E-state index in [4.69, 9.17) is 0 Å². The van der Waals surface area contributed by atoms with E-state index in [1.807, 2.05) is 22.7 Å². The van der Waals surface area contributed by atoms with E-state index in [9.17, 15) is 0 Å². The molecule has 0 amide bonds. The minimum absolute atomic E-state index is 0.0229. The Morgan fingerprint density at radius 2 is 1.24 bits per heavy atom. The van der Waals surface area contributed by atoms with Gasteiger partial charge in [0.2, 0.25) is 0 Å². The Hall–Kier alpha value is -6.40. The van der Waals surface area contributed by atoms with E-state index in [1.165, 1.54) is 129 Å². The van der Waals surface area contributed by atoms with Crippen LogP contribution in [0.3, 0.4) is 0 Å². The highest BCUT2D eigenvalue weighted by molar-refractivity contribution is 7.26. The van der Waals surface area contributed by atoms with Crippen molar-refractivity contribution in [3.63, 3.8) is 0 Å². The van der Waals surface area contributed by atoms with Crippen LogP contribution in [0.5, 0.6) is 0 Å². The Morgan fingerprint density at radius 1 is 0.548 bits per heavy atom. The molecule has 0 fully saturated rings. The van der Waals surface area contributed by atoms with Gasteiger partial charge in [-0.15, -0.1) is 22.7 Å². The van der Waals surface area contributed by atoms with Gasteiger partial charge in [-0.2, -0.15) is 0 Å². The van der Waals surface area contributed by atoms with Gasteiger partial charge in [0.15, 0.2) is 0 Å². The lowest BCUT2D eigenvalue weighted by Gasteiger charge is -2.43. The van der Waals surface area contributed by atoms with Gasteiger partial charge in [-0.3, -0.25) is 0 Å². The predicted molar refractivity (Wildman–Crippen MR) is 270 cm³/mol. The largest absolute Gasteiger partial charge is 0.367 e. The van der Waals surface area contributed by atoms with Crippen LogP contribution in [-0.4, -0.2) is 11.3 Å². The number of rotatable bonds is 2. The molecule has 14 rings (SSSR count). The summed E-state index contributed by atoms with van der Waals surface area (Å²) in [5.41, 5.74) is 19.8. The number of anilines is 3. The SMILES string of the molecule is CC(C)(C)c1ccc(N2c3cc4c(c5c3B(c3ccc6sc7ccccc7c6c32)n2c3sc6ccccc6c3c3cccc-5c32)C(C)(C)c2ccccc2-4)c(-c2ccccc2)c1. The molecule has 0 radical (unpaired) electrons. The van der Waals surface area contributed by atoms with Gasteiger partial charge in [0.25, 0.3) is 0 Å². The molecular formula is C57H41BN2S2. The Kier molecular flexibility index (Phi) is 6.79. The number of benzene rings is 8. The molecule has 62 heavy (non-hydrogen) atoms. The highest BCUT2D eigenvalue weighted by Gasteiger charge is 2.49. The molecule has 11 aromatic rings. The second-order valence-corrected chi connectivity index (χ2v) is 21.3. The van der Waals surface area contributed by atoms with Crippen LogP contribution in [0.25, 0.3) is 84.8 Å². The van der Waals surface area contributed by atoms with Gasteiger partial charge in [0.1, 0.15) is 0 Å².